The first kappa shape index (κ1) is 47.4. The van der Waals surface area contributed by atoms with Gasteiger partial charge in [-0.05, 0) is 96.5 Å². The fraction of sp³-hybridized carbons (Fsp3) is 0.333. The number of cyclic esters (lactones) is 1. The highest BCUT2D eigenvalue weighted by Crippen LogP contribution is 2.67. The lowest BCUT2D eigenvalue weighted by molar-refractivity contribution is -0.177. The minimum atomic E-state index is -2.09. The van der Waals surface area contributed by atoms with E-state index in [2.05, 4.69) is 28.1 Å². The molecule has 0 bridgehead atoms. The number of carbonyl (C=O) groups is 4. The number of anilines is 3. The van der Waals surface area contributed by atoms with E-state index in [1.165, 1.54) is 7.11 Å². The van der Waals surface area contributed by atoms with Gasteiger partial charge in [0.1, 0.15) is 36.5 Å². The Hall–Kier alpha value is -7.28. The number of aliphatic hydroxyl groups is 1. The first-order valence-electron chi connectivity index (χ1n) is 24.3. The number of hydrogen-bond acceptors (Lipinski definition) is 12. The number of methoxy groups -OCH3 is 1. The molecule has 5 aliphatic rings. The number of rotatable bonds is 12. The van der Waals surface area contributed by atoms with Crippen molar-refractivity contribution in [1.82, 2.24) is 4.90 Å². The van der Waals surface area contributed by atoms with Gasteiger partial charge in [0, 0.05) is 42.7 Å². The average Bonchev–Trinajstić information content (AvgIpc) is 3.87. The smallest absolute Gasteiger partial charge is 0.421 e. The Kier molecular flexibility index (Phi) is 14.0. The predicted molar refractivity (Wildman–Crippen MR) is 266 cm³/mol. The van der Waals surface area contributed by atoms with Crippen LogP contribution in [0.3, 0.4) is 0 Å². The van der Waals surface area contributed by atoms with E-state index in [1.54, 1.807) is 48.5 Å². The lowest BCUT2D eigenvalue weighted by atomic mass is 9.65. The number of allylic oxidation sites excluding steroid dienone is 2. The van der Waals surface area contributed by atoms with Crippen LogP contribution in [0.2, 0.25) is 0 Å². The Balaban J connectivity index is 1.25. The van der Waals surface area contributed by atoms with Gasteiger partial charge in [-0.1, -0.05) is 96.8 Å². The molecule has 3 saturated heterocycles. The molecule has 3 amide bonds. The van der Waals surface area contributed by atoms with E-state index in [-0.39, 0.29) is 32.1 Å². The molecular formula is C57H56N4O10. The largest absolute Gasteiger partial charge is 0.491 e. The first-order valence-corrected chi connectivity index (χ1v) is 24.3. The molecule has 14 heteroatoms. The summed E-state index contributed by atoms with van der Waals surface area (Å²) in [6.07, 6.45) is 4.11. The van der Waals surface area contributed by atoms with Crippen LogP contribution in [0.1, 0.15) is 71.7 Å². The van der Waals surface area contributed by atoms with Gasteiger partial charge in [0.25, 0.3) is 0 Å². The lowest BCUT2D eigenvalue weighted by Gasteiger charge is -2.46. The third kappa shape index (κ3) is 8.95. The number of para-hydroxylation sites is 1. The Morgan fingerprint density at radius 1 is 0.817 bits per heavy atom. The maximum atomic E-state index is 16.6. The van der Waals surface area contributed by atoms with Gasteiger partial charge in [0.05, 0.1) is 50.1 Å². The van der Waals surface area contributed by atoms with E-state index in [4.69, 9.17) is 23.7 Å². The monoisotopic (exact) mass is 956 g/mol. The molecule has 0 saturated carbocycles. The van der Waals surface area contributed by atoms with E-state index in [0.717, 1.165) is 47.4 Å². The molecule has 5 aromatic carbocycles. The van der Waals surface area contributed by atoms with Gasteiger partial charge in [-0.15, -0.1) is 0 Å². The van der Waals surface area contributed by atoms with Crippen molar-refractivity contribution >= 4 is 40.9 Å². The summed E-state index contributed by atoms with van der Waals surface area (Å²) >= 11 is 0. The molecule has 0 radical (unpaired) electrons. The molecule has 0 unspecified atom stereocenters. The van der Waals surface area contributed by atoms with Crippen LogP contribution in [-0.2, 0) is 38.7 Å². The van der Waals surface area contributed by atoms with Crippen molar-refractivity contribution in [3.05, 3.63) is 167 Å². The molecule has 0 aromatic heterocycles. The second-order valence-corrected chi connectivity index (χ2v) is 18.2. The number of imide groups is 1. The number of benzene rings is 5. The van der Waals surface area contributed by atoms with Gasteiger partial charge >= 0.3 is 12.1 Å². The minimum Gasteiger partial charge on any atom is -0.491 e. The molecule has 3 fully saturated rings. The Bertz CT molecular complexity index is 2860. The molecule has 1 spiro atoms. The number of ether oxygens (including phenoxy) is 5. The zero-order valence-electron chi connectivity index (χ0n) is 39.5. The normalized spacial score (nSPS) is 23.7. The molecular weight excluding hydrogens is 901 g/mol. The van der Waals surface area contributed by atoms with E-state index >= 15 is 14.4 Å². The summed E-state index contributed by atoms with van der Waals surface area (Å²) in [6, 6.07) is 35.2. The third-order valence-electron chi connectivity index (χ3n) is 14.2. The van der Waals surface area contributed by atoms with Crippen molar-refractivity contribution in [2.24, 2.45) is 5.92 Å². The molecule has 364 valence electrons. The fourth-order valence-electron chi connectivity index (χ4n) is 11.1. The van der Waals surface area contributed by atoms with Crippen molar-refractivity contribution < 1.29 is 48.0 Å². The quantitative estimate of drug-likeness (QED) is 0.0711. The number of nitrogens with zero attached hydrogens (tertiary/aromatic N) is 3. The average molecular weight is 957 g/mol. The summed E-state index contributed by atoms with van der Waals surface area (Å²) in [4.78, 5) is 68.0. The van der Waals surface area contributed by atoms with Crippen LogP contribution in [0.4, 0.5) is 21.9 Å². The van der Waals surface area contributed by atoms with Gasteiger partial charge in [0.2, 0.25) is 11.8 Å². The van der Waals surface area contributed by atoms with E-state index in [9.17, 15) is 9.90 Å². The highest BCUT2D eigenvalue weighted by molar-refractivity contribution is 6.24. The molecule has 1 aliphatic carbocycles. The fourth-order valence-corrected chi connectivity index (χ4v) is 11.1. The van der Waals surface area contributed by atoms with Gasteiger partial charge in [-0.3, -0.25) is 19.3 Å². The van der Waals surface area contributed by atoms with Crippen molar-refractivity contribution in [2.75, 3.05) is 75.0 Å². The topological polar surface area (TPSA) is 156 Å². The maximum absolute atomic E-state index is 16.6. The SMILES string of the molecule is COCCOC(=O)N1C(=O)[C@@]2(c3cc(C#CC4=CCCCC4)ccc31)[C@H](C(=O)Nc1ccc(N3CCOCC3)cc1)[C@H]1C(=O)O[C@H](c3ccccc3)[C@H](c3ccccc3)N1[C@@H]2c1ccccc1OCCO. The molecule has 10 rings (SSSR count). The predicted octanol–water partition coefficient (Wildman–Crippen LogP) is 7.83. The molecule has 2 N–H and O–H groups in total. The molecule has 5 aromatic rings. The maximum Gasteiger partial charge on any atom is 0.421 e. The van der Waals surface area contributed by atoms with Gasteiger partial charge < -0.3 is 39.0 Å². The number of amides is 3. The number of hydrogen-bond donors (Lipinski definition) is 2. The molecule has 4 heterocycles. The number of carbonyl (C=O) groups excluding carboxylic acids is 4. The van der Waals surface area contributed by atoms with Crippen LogP contribution in [0.25, 0.3) is 0 Å². The van der Waals surface area contributed by atoms with Crippen molar-refractivity contribution in [3.63, 3.8) is 0 Å². The Labute approximate surface area is 413 Å². The summed E-state index contributed by atoms with van der Waals surface area (Å²) in [5.74, 6) is 3.26. The summed E-state index contributed by atoms with van der Waals surface area (Å²) in [7, 11) is 1.48. The second-order valence-electron chi connectivity index (χ2n) is 18.2. The van der Waals surface area contributed by atoms with E-state index < -0.39 is 59.4 Å². The summed E-state index contributed by atoms with van der Waals surface area (Å²) in [6.45, 7) is 2.09. The van der Waals surface area contributed by atoms with Crippen LogP contribution >= 0.6 is 0 Å². The van der Waals surface area contributed by atoms with Gasteiger partial charge in [-0.2, -0.15) is 0 Å². The molecule has 4 aliphatic heterocycles. The molecule has 6 atom stereocenters. The highest BCUT2D eigenvalue weighted by Gasteiger charge is 2.76. The summed E-state index contributed by atoms with van der Waals surface area (Å²) in [5.41, 5.74) is 3.18. The van der Waals surface area contributed by atoms with Gasteiger partial charge in [-0.25, -0.2) is 9.69 Å². The van der Waals surface area contributed by atoms with Crippen molar-refractivity contribution in [1.29, 1.82) is 0 Å². The van der Waals surface area contributed by atoms with Crippen LogP contribution < -0.4 is 19.9 Å². The number of esters is 1. The second kappa shape index (κ2) is 21.0. The Morgan fingerprint density at radius 3 is 2.27 bits per heavy atom. The number of aliphatic hydroxyl groups excluding tert-OH is 1. The van der Waals surface area contributed by atoms with E-state index in [0.29, 0.717) is 60.0 Å². The van der Waals surface area contributed by atoms with Gasteiger partial charge in [0.15, 0.2) is 0 Å². The van der Waals surface area contributed by atoms with Crippen LogP contribution in [0, 0.1) is 17.8 Å². The molecule has 14 nitrogen and oxygen atoms in total. The number of nitrogens with one attached hydrogen (secondary N) is 1. The standard InChI is InChI=1S/C57H56N4O10/c1-67-35-36-70-56(66)60-46-28-23-39(22-21-38-13-5-2-6-14-38)37-45(46)57(55(60)65)48(53(63)58-42-24-26-43(27-25-42)59-29-32-68-33-30-59)50-54(64)71-51(41-17-9-4-10-18-41)49(40-15-7-3-8-16-40)61(50)52(57)44-19-11-12-20-47(44)69-34-31-62/h3-4,7-13,15-20,23-28,37,48-52,62H,2,5-6,14,29-36H2,1H3,(H,58,63)/t48-,49-,50-,51+,52+,57-/m0/s1. The van der Waals surface area contributed by atoms with Crippen molar-refractivity contribution in [2.45, 2.75) is 55.3 Å². The lowest BCUT2D eigenvalue weighted by Crippen LogP contribution is -2.54. The van der Waals surface area contributed by atoms with Crippen LogP contribution in [0.5, 0.6) is 5.75 Å². The zero-order chi connectivity index (χ0) is 48.9. The van der Waals surface area contributed by atoms with Crippen LogP contribution in [0.15, 0.2) is 139 Å². The zero-order valence-corrected chi connectivity index (χ0v) is 39.5. The summed E-state index contributed by atoms with van der Waals surface area (Å²) < 4.78 is 29.6. The Morgan fingerprint density at radius 2 is 1.55 bits per heavy atom. The summed E-state index contributed by atoms with van der Waals surface area (Å²) in [5, 5.41) is 13.3. The van der Waals surface area contributed by atoms with Crippen LogP contribution in [-0.4, -0.2) is 99.8 Å². The third-order valence-corrected chi connectivity index (χ3v) is 14.2. The van der Waals surface area contributed by atoms with Crippen molar-refractivity contribution in [3.8, 4) is 17.6 Å². The van der Waals surface area contributed by atoms with E-state index in [1.807, 2.05) is 83.8 Å². The first-order chi connectivity index (χ1) is 34.8. The minimum absolute atomic E-state index is 0.0605. The number of fused-ring (bicyclic) bond motifs is 3. The number of morpholine rings is 2. The molecule has 71 heavy (non-hydrogen) atoms. The highest BCUT2D eigenvalue weighted by atomic mass is 16.6.